The van der Waals surface area contributed by atoms with Gasteiger partial charge in [0, 0.05) is 12.6 Å². The zero-order valence-electron chi connectivity index (χ0n) is 10.2. The normalized spacial score (nSPS) is 14.6. The predicted molar refractivity (Wildman–Crippen MR) is 62.5 cm³/mol. The lowest BCUT2D eigenvalue weighted by molar-refractivity contribution is -0.114. The highest BCUT2D eigenvalue weighted by molar-refractivity contribution is 6.52. The molecule has 0 N–H and O–H groups in total. The van der Waals surface area contributed by atoms with Crippen LogP contribution in [0, 0.1) is 17.6 Å². The molecule has 0 saturated heterocycles. The maximum atomic E-state index is 13.7. The van der Waals surface area contributed by atoms with Crippen molar-refractivity contribution in [1.82, 2.24) is 0 Å². The van der Waals surface area contributed by atoms with Gasteiger partial charge >= 0.3 is 0 Å². The Bertz CT molecular complexity index is 526. The number of anilines is 1. The van der Waals surface area contributed by atoms with Crippen LogP contribution in [-0.2, 0) is 4.79 Å². The van der Waals surface area contributed by atoms with Gasteiger partial charge in [0.1, 0.15) is 5.82 Å². The summed E-state index contributed by atoms with van der Waals surface area (Å²) >= 11 is 0. The zero-order valence-corrected chi connectivity index (χ0v) is 10.2. The largest absolute Gasteiger partial charge is 0.302 e. The van der Waals surface area contributed by atoms with Gasteiger partial charge in [0.25, 0.3) is 11.7 Å². The molecule has 1 aromatic rings. The van der Waals surface area contributed by atoms with Crippen molar-refractivity contribution in [2.24, 2.45) is 5.92 Å². The number of hydrogen-bond acceptors (Lipinski definition) is 2. The molecular weight excluding hydrogens is 240 g/mol. The van der Waals surface area contributed by atoms with Gasteiger partial charge in [0.2, 0.25) is 0 Å². The molecular formula is C13H13F2NO2. The van der Waals surface area contributed by atoms with Gasteiger partial charge in [-0.05, 0) is 18.4 Å². The quantitative estimate of drug-likeness (QED) is 0.776. The molecule has 1 aliphatic rings. The summed E-state index contributed by atoms with van der Waals surface area (Å²) in [6, 6.07) is 1.60. The third-order valence-corrected chi connectivity index (χ3v) is 2.91. The molecule has 0 radical (unpaired) electrons. The van der Waals surface area contributed by atoms with E-state index in [-0.39, 0.29) is 17.8 Å². The number of ketones is 1. The van der Waals surface area contributed by atoms with Crippen molar-refractivity contribution >= 4 is 17.4 Å². The van der Waals surface area contributed by atoms with E-state index in [1.165, 1.54) is 0 Å². The first kappa shape index (κ1) is 12.7. The fraction of sp³-hybridized carbons (Fsp3) is 0.385. The number of carbonyl (C=O) groups excluding carboxylic acids is 2. The molecule has 1 aliphatic heterocycles. The van der Waals surface area contributed by atoms with E-state index < -0.39 is 23.3 Å². The van der Waals surface area contributed by atoms with E-state index in [0.717, 1.165) is 11.0 Å². The Kier molecular flexibility index (Phi) is 3.15. The second-order valence-electron chi connectivity index (χ2n) is 4.75. The number of rotatable bonds is 3. The van der Waals surface area contributed by atoms with Crippen LogP contribution in [0.25, 0.3) is 0 Å². The Morgan fingerprint density at radius 2 is 1.89 bits per heavy atom. The van der Waals surface area contributed by atoms with Gasteiger partial charge in [-0.2, -0.15) is 0 Å². The Morgan fingerprint density at radius 1 is 1.22 bits per heavy atom. The fourth-order valence-corrected chi connectivity index (χ4v) is 1.95. The molecule has 5 heteroatoms. The van der Waals surface area contributed by atoms with E-state index in [0.29, 0.717) is 18.4 Å². The SMILES string of the molecule is CC(C)CCN1C(=O)C(=O)c2cc(F)cc(F)c21. The third-order valence-electron chi connectivity index (χ3n) is 2.91. The molecule has 0 saturated carbocycles. The molecule has 1 aromatic carbocycles. The summed E-state index contributed by atoms with van der Waals surface area (Å²) in [5.74, 6) is -3.02. The van der Waals surface area contributed by atoms with Crippen molar-refractivity contribution in [3.05, 3.63) is 29.3 Å². The minimum Gasteiger partial charge on any atom is -0.302 e. The molecule has 0 aliphatic carbocycles. The lowest BCUT2D eigenvalue weighted by atomic mass is 10.1. The van der Waals surface area contributed by atoms with Crippen LogP contribution in [0.15, 0.2) is 12.1 Å². The summed E-state index contributed by atoms with van der Waals surface area (Å²) in [6.07, 6.45) is 0.648. The molecule has 2 rings (SSSR count). The predicted octanol–water partition coefficient (Wildman–Crippen LogP) is 2.54. The number of fused-ring (bicyclic) bond motifs is 1. The Balaban J connectivity index is 2.42. The van der Waals surface area contributed by atoms with Gasteiger partial charge in [0.05, 0.1) is 11.3 Å². The second-order valence-corrected chi connectivity index (χ2v) is 4.75. The maximum absolute atomic E-state index is 13.7. The lowest BCUT2D eigenvalue weighted by Crippen LogP contribution is -2.31. The van der Waals surface area contributed by atoms with Crippen LogP contribution in [0.1, 0.15) is 30.6 Å². The van der Waals surface area contributed by atoms with Crippen molar-refractivity contribution in [2.75, 3.05) is 11.4 Å². The number of halogens is 2. The number of nitrogens with zero attached hydrogens (tertiary/aromatic N) is 1. The summed E-state index contributed by atoms with van der Waals surface area (Å²) < 4.78 is 26.7. The van der Waals surface area contributed by atoms with Crippen LogP contribution >= 0.6 is 0 Å². The Hall–Kier alpha value is -1.78. The van der Waals surface area contributed by atoms with Gasteiger partial charge in [-0.1, -0.05) is 13.8 Å². The van der Waals surface area contributed by atoms with Gasteiger partial charge in [-0.15, -0.1) is 0 Å². The molecule has 1 amide bonds. The van der Waals surface area contributed by atoms with E-state index in [1.54, 1.807) is 0 Å². The molecule has 0 bridgehead atoms. The zero-order chi connectivity index (χ0) is 13.4. The summed E-state index contributed by atoms with van der Waals surface area (Å²) in [5.41, 5.74) is -0.270. The van der Waals surface area contributed by atoms with E-state index in [1.807, 2.05) is 13.8 Å². The minimum absolute atomic E-state index is 0.0907. The summed E-state index contributed by atoms with van der Waals surface area (Å²) in [4.78, 5) is 24.5. The van der Waals surface area contributed by atoms with Crippen LogP contribution < -0.4 is 4.90 Å². The summed E-state index contributed by atoms with van der Waals surface area (Å²) in [5, 5.41) is 0. The molecule has 18 heavy (non-hydrogen) atoms. The van der Waals surface area contributed by atoms with Crippen molar-refractivity contribution in [1.29, 1.82) is 0 Å². The number of carbonyl (C=O) groups is 2. The molecule has 96 valence electrons. The van der Waals surface area contributed by atoms with Crippen LogP contribution in [0.2, 0.25) is 0 Å². The maximum Gasteiger partial charge on any atom is 0.299 e. The third kappa shape index (κ3) is 2.00. The summed E-state index contributed by atoms with van der Waals surface area (Å²) in [7, 11) is 0. The van der Waals surface area contributed by atoms with Gasteiger partial charge in [-0.25, -0.2) is 8.78 Å². The minimum atomic E-state index is -0.868. The van der Waals surface area contributed by atoms with E-state index in [9.17, 15) is 18.4 Å². The highest BCUT2D eigenvalue weighted by Gasteiger charge is 2.38. The van der Waals surface area contributed by atoms with Crippen molar-refractivity contribution < 1.29 is 18.4 Å². The molecule has 0 atom stereocenters. The summed E-state index contributed by atoms with van der Waals surface area (Å²) in [6.45, 7) is 4.19. The molecule has 3 nitrogen and oxygen atoms in total. The molecule has 0 spiro atoms. The van der Waals surface area contributed by atoms with Crippen molar-refractivity contribution in [3.8, 4) is 0 Å². The molecule has 1 heterocycles. The van der Waals surface area contributed by atoms with Gasteiger partial charge in [0.15, 0.2) is 5.82 Å². The van der Waals surface area contributed by atoms with E-state index in [2.05, 4.69) is 0 Å². The standard InChI is InChI=1S/C13H13F2NO2/c1-7(2)3-4-16-11-9(12(17)13(16)18)5-8(14)6-10(11)15/h5-7H,3-4H2,1-2H3. The van der Waals surface area contributed by atoms with Crippen molar-refractivity contribution in [2.45, 2.75) is 20.3 Å². The molecule has 0 unspecified atom stereocenters. The van der Waals surface area contributed by atoms with Crippen LogP contribution in [0.4, 0.5) is 14.5 Å². The van der Waals surface area contributed by atoms with Gasteiger partial charge < -0.3 is 4.90 Å². The number of hydrogen-bond donors (Lipinski definition) is 0. The first-order chi connectivity index (χ1) is 8.41. The Morgan fingerprint density at radius 3 is 2.50 bits per heavy atom. The highest BCUT2D eigenvalue weighted by atomic mass is 19.1. The first-order valence-electron chi connectivity index (χ1n) is 5.77. The van der Waals surface area contributed by atoms with Gasteiger partial charge in [-0.3, -0.25) is 9.59 Å². The van der Waals surface area contributed by atoms with Crippen LogP contribution in [-0.4, -0.2) is 18.2 Å². The number of benzene rings is 1. The highest BCUT2D eigenvalue weighted by Crippen LogP contribution is 2.32. The fourth-order valence-electron chi connectivity index (χ4n) is 1.95. The molecule has 0 fully saturated rings. The van der Waals surface area contributed by atoms with Crippen LogP contribution in [0.3, 0.4) is 0 Å². The number of Topliss-reactive ketones (excluding diaryl/α,β-unsaturated/α-hetero) is 1. The lowest BCUT2D eigenvalue weighted by Gasteiger charge is -2.18. The van der Waals surface area contributed by atoms with Crippen LogP contribution in [0.5, 0.6) is 0 Å². The number of amides is 1. The van der Waals surface area contributed by atoms with E-state index >= 15 is 0 Å². The van der Waals surface area contributed by atoms with E-state index in [4.69, 9.17) is 0 Å². The van der Waals surface area contributed by atoms with Crippen molar-refractivity contribution in [3.63, 3.8) is 0 Å². The topological polar surface area (TPSA) is 37.4 Å². The average molecular weight is 253 g/mol. The first-order valence-corrected chi connectivity index (χ1v) is 5.77. The molecule has 0 aromatic heterocycles. The monoisotopic (exact) mass is 253 g/mol. The smallest absolute Gasteiger partial charge is 0.299 e. The average Bonchev–Trinajstić information content (AvgIpc) is 2.51. The second kappa shape index (κ2) is 4.48. The Labute approximate surface area is 103 Å².